The molecule has 9 heteroatoms. The van der Waals surface area contributed by atoms with Gasteiger partial charge in [-0.05, 0) is 54.1 Å². The molecule has 0 aliphatic heterocycles. The van der Waals surface area contributed by atoms with E-state index in [-0.39, 0.29) is 17.1 Å². The van der Waals surface area contributed by atoms with E-state index in [1.54, 1.807) is 6.07 Å². The number of rotatable bonds is 7. The first-order chi connectivity index (χ1) is 14.3. The van der Waals surface area contributed by atoms with Crippen molar-refractivity contribution in [3.63, 3.8) is 0 Å². The predicted molar refractivity (Wildman–Crippen MR) is 110 cm³/mol. The summed E-state index contributed by atoms with van der Waals surface area (Å²) in [4.78, 5) is 12.4. The summed E-state index contributed by atoms with van der Waals surface area (Å²) >= 11 is 5.83. The number of nitrogens with zero attached hydrogens (tertiary/aromatic N) is 1. The Morgan fingerprint density at radius 1 is 0.933 bits per heavy atom. The van der Waals surface area contributed by atoms with Crippen molar-refractivity contribution in [2.75, 3.05) is 11.9 Å². The summed E-state index contributed by atoms with van der Waals surface area (Å²) in [6.07, 6.45) is 0. The number of benzene rings is 3. The van der Waals surface area contributed by atoms with E-state index in [4.69, 9.17) is 11.6 Å². The molecule has 3 aromatic carbocycles. The molecule has 1 amide bonds. The number of carbonyl (C=O) groups is 1. The largest absolute Gasteiger partial charge is 0.322 e. The van der Waals surface area contributed by atoms with Crippen molar-refractivity contribution < 1.29 is 22.0 Å². The minimum atomic E-state index is -4.10. The third kappa shape index (κ3) is 5.41. The second-order valence-electron chi connectivity index (χ2n) is 6.38. The van der Waals surface area contributed by atoms with Crippen LogP contribution in [-0.2, 0) is 21.4 Å². The van der Waals surface area contributed by atoms with Crippen LogP contribution in [0.25, 0.3) is 0 Å². The maximum Gasteiger partial charge on any atom is 0.243 e. The molecule has 0 fully saturated rings. The van der Waals surface area contributed by atoms with Crippen LogP contribution in [0.1, 0.15) is 5.56 Å². The van der Waals surface area contributed by atoms with Crippen LogP contribution in [-0.4, -0.2) is 25.2 Å². The molecule has 30 heavy (non-hydrogen) atoms. The fourth-order valence-electron chi connectivity index (χ4n) is 2.69. The van der Waals surface area contributed by atoms with E-state index < -0.39 is 34.1 Å². The average Bonchev–Trinajstić information content (AvgIpc) is 2.71. The highest BCUT2D eigenvalue weighted by Gasteiger charge is 2.27. The average molecular weight is 451 g/mol. The molecule has 156 valence electrons. The molecular weight excluding hydrogens is 434 g/mol. The summed E-state index contributed by atoms with van der Waals surface area (Å²) < 4.78 is 54.2. The lowest BCUT2D eigenvalue weighted by atomic mass is 10.2. The number of amides is 1. The number of anilines is 1. The van der Waals surface area contributed by atoms with E-state index in [9.17, 15) is 22.0 Å². The van der Waals surface area contributed by atoms with Crippen LogP contribution in [0, 0.1) is 11.6 Å². The first kappa shape index (κ1) is 21.9. The van der Waals surface area contributed by atoms with E-state index in [1.165, 1.54) is 66.7 Å². The number of sulfonamides is 1. The maximum atomic E-state index is 13.8. The molecular formula is C21H17ClF2N2O3S. The molecule has 3 rings (SSSR count). The van der Waals surface area contributed by atoms with Crippen molar-refractivity contribution in [1.29, 1.82) is 0 Å². The molecule has 3 aromatic rings. The molecule has 0 spiro atoms. The van der Waals surface area contributed by atoms with Gasteiger partial charge >= 0.3 is 0 Å². The Balaban J connectivity index is 1.88. The van der Waals surface area contributed by atoms with Crippen LogP contribution >= 0.6 is 11.6 Å². The van der Waals surface area contributed by atoms with E-state index >= 15 is 0 Å². The van der Waals surface area contributed by atoms with E-state index in [2.05, 4.69) is 5.32 Å². The van der Waals surface area contributed by atoms with Gasteiger partial charge in [0.25, 0.3) is 0 Å². The third-order valence-electron chi connectivity index (χ3n) is 4.19. The second kappa shape index (κ2) is 9.34. The summed E-state index contributed by atoms with van der Waals surface area (Å²) in [7, 11) is -4.10. The van der Waals surface area contributed by atoms with Crippen molar-refractivity contribution in [3.05, 3.63) is 95.0 Å². The first-order valence-electron chi connectivity index (χ1n) is 8.80. The van der Waals surface area contributed by atoms with Gasteiger partial charge in [0, 0.05) is 11.6 Å². The Labute approximate surface area is 178 Å². The van der Waals surface area contributed by atoms with Gasteiger partial charge in [0.05, 0.1) is 17.1 Å². The fraction of sp³-hybridized carbons (Fsp3) is 0.0952. The molecule has 0 aliphatic carbocycles. The smallest absolute Gasteiger partial charge is 0.243 e. The lowest BCUT2D eigenvalue weighted by Gasteiger charge is -2.22. The molecule has 5 nitrogen and oxygen atoms in total. The number of nitrogens with one attached hydrogen (secondary N) is 1. The summed E-state index contributed by atoms with van der Waals surface area (Å²) in [6, 6.07) is 16.3. The molecule has 0 heterocycles. The molecule has 0 saturated carbocycles. The molecule has 0 unspecified atom stereocenters. The van der Waals surface area contributed by atoms with Crippen molar-refractivity contribution in [1.82, 2.24) is 4.31 Å². The highest BCUT2D eigenvalue weighted by Crippen LogP contribution is 2.21. The minimum Gasteiger partial charge on any atom is -0.322 e. The molecule has 0 aromatic heterocycles. The fourth-order valence-corrected chi connectivity index (χ4v) is 4.20. The number of hydrogen-bond donors (Lipinski definition) is 1. The minimum absolute atomic E-state index is 0.0619. The number of carbonyl (C=O) groups excluding carboxylic acids is 1. The van der Waals surface area contributed by atoms with Crippen LogP contribution in [0.3, 0.4) is 0 Å². The quantitative estimate of drug-likeness (QED) is 0.578. The van der Waals surface area contributed by atoms with Crippen LogP contribution in [0.2, 0.25) is 5.02 Å². The SMILES string of the molecule is O=C(CN(Cc1ccc(F)cc1)S(=O)(=O)c1ccc(Cl)cc1)Nc1ccccc1F. The van der Waals surface area contributed by atoms with Gasteiger partial charge in [-0.3, -0.25) is 4.79 Å². The van der Waals surface area contributed by atoms with E-state index in [1.807, 2.05) is 0 Å². The van der Waals surface area contributed by atoms with Gasteiger partial charge in [-0.25, -0.2) is 17.2 Å². The topological polar surface area (TPSA) is 66.5 Å². The zero-order valence-electron chi connectivity index (χ0n) is 15.6. The van der Waals surface area contributed by atoms with Crippen LogP contribution in [0.5, 0.6) is 0 Å². The molecule has 0 aliphatic rings. The van der Waals surface area contributed by atoms with Crippen molar-refractivity contribution in [2.24, 2.45) is 0 Å². The Bertz CT molecular complexity index is 1140. The van der Waals surface area contributed by atoms with Crippen molar-refractivity contribution in [2.45, 2.75) is 11.4 Å². The van der Waals surface area contributed by atoms with Gasteiger partial charge in [-0.15, -0.1) is 0 Å². The number of para-hydroxylation sites is 1. The Morgan fingerprint density at radius 2 is 1.57 bits per heavy atom. The molecule has 0 atom stereocenters. The predicted octanol–water partition coefficient (Wildman–Crippen LogP) is 4.45. The number of hydrogen-bond acceptors (Lipinski definition) is 3. The highest BCUT2D eigenvalue weighted by molar-refractivity contribution is 7.89. The van der Waals surface area contributed by atoms with Gasteiger partial charge < -0.3 is 5.32 Å². The molecule has 1 N–H and O–H groups in total. The third-order valence-corrected chi connectivity index (χ3v) is 6.25. The lowest BCUT2D eigenvalue weighted by Crippen LogP contribution is -2.37. The summed E-state index contributed by atoms with van der Waals surface area (Å²) in [5, 5.41) is 2.72. The van der Waals surface area contributed by atoms with E-state index in [0.29, 0.717) is 10.6 Å². The highest BCUT2D eigenvalue weighted by atomic mass is 35.5. The molecule has 0 bridgehead atoms. The Morgan fingerprint density at radius 3 is 2.20 bits per heavy atom. The molecule has 0 radical (unpaired) electrons. The zero-order valence-corrected chi connectivity index (χ0v) is 17.1. The summed E-state index contributed by atoms with van der Waals surface area (Å²) in [5.41, 5.74) is 0.417. The lowest BCUT2D eigenvalue weighted by molar-refractivity contribution is -0.116. The van der Waals surface area contributed by atoms with Gasteiger partial charge in [0.1, 0.15) is 11.6 Å². The maximum absolute atomic E-state index is 13.8. The second-order valence-corrected chi connectivity index (χ2v) is 8.76. The monoisotopic (exact) mass is 450 g/mol. The van der Waals surface area contributed by atoms with Crippen LogP contribution in [0.4, 0.5) is 14.5 Å². The van der Waals surface area contributed by atoms with Gasteiger partial charge in [-0.2, -0.15) is 4.31 Å². The Kier molecular flexibility index (Phi) is 6.81. The van der Waals surface area contributed by atoms with Crippen LogP contribution in [0.15, 0.2) is 77.7 Å². The Hall–Kier alpha value is -2.81. The first-order valence-corrected chi connectivity index (χ1v) is 10.6. The number of halogens is 3. The normalized spacial score (nSPS) is 11.5. The van der Waals surface area contributed by atoms with Crippen LogP contribution < -0.4 is 5.32 Å². The van der Waals surface area contributed by atoms with Crippen molar-refractivity contribution in [3.8, 4) is 0 Å². The standard InChI is InChI=1S/C21H17ClF2N2O3S/c22-16-7-11-18(12-8-16)30(28,29)26(13-15-5-9-17(23)10-6-15)14-21(27)25-20-4-2-1-3-19(20)24/h1-12H,13-14H2,(H,25,27). The van der Waals surface area contributed by atoms with Gasteiger partial charge in [-0.1, -0.05) is 35.9 Å². The zero-order chi connectivity index (χ0) is 21.7. The van der Waals surface area contributed by atoms with Gasteiger partial charge in [0.2, 0.25) is 15.9 Å². The summed E-state index contributed by atoms with van der Waals surface area (Å²) in [6.45, 7) is -0.757. The summed E-state index contributed by atoms with van der Waals surface area (Å²) in [5.74, 6) is -1.83. The van der Waals surface area contributed by atoms with Crippen molar-refractivity contribution >= 4 is 33.2 Å². The molecule has 0 saturated heterocycles. The van der Waals surface area contributed by atoms with Gasteiger partial charge in [0.15, 0.2) is 0 Å². The van der Waals surface area contributed by atoms with E-state index in [0.717, 1.165) is 4.31 Å².